The molecule has 0 heterocycles. The second-order valence-corrected chi connectivity index (χ2v) is 6.42. The van der Waals surface area contributed by atoms with Gasteiger partial charge in [-0.15, -0.1) is 0 Å². The number of anilines is 1. The molecule has 2 amide bonds. The van der Waals surface area contributed by atoms with E-state index in [0.717, 1.165) is 5.75 Å². The highest BCUT2D eigenvalue weighted by molar-refractivity contribution is 6.35. The molecule has 0 bridgehead atoms. The van der Waals surface area contributed by atoms with Crippen molar-refractivity contribution in [3.63, 3.8) is 0 Å². The normalized spacial score (nSPS) is 10.2. The van der Waals surface area contributed by atoms with Crippen LogP contribution in [0.25, 0.3) is 0 Å². The van der Waals surface area contributed by atoms with Crippen LogP contribution in [0, 0.1) is 0 Å². The zero-order chi connectivity index (χ0) is 19.6. The molecule has 0 spiro atoms. The van der Waals surface area contributed by atoms with Gasteiger partial charge in [0.2, 0.25) is 11.8 Å². The lowest BCUT2D eigenvalue weighted by Gasteiger charge is -2.09. The predicted molar refractivity (Wildman–Crippen MR) is 106 cm³/mol. The molecule has 2 N–H and O–H groups in total. The van der Waals surface area contributed by atoms with Crippen molar-refractivity contribution in [3.8, 4) is 11.5 Å². The number of ether oxygens (including phenoxy) is 2. The number of halogens is 2. The predicted octanol–water partition coefficient (Wildman–Crippen LogP) is 3.92. The van der Waals surface area contributed by atoms with Crippen LogP contribution in [-0.2, 0) is 9.59 Å². The van der Waals surface area contributed by atoms with Crippen LogP contribution < -0.4 is 20.1 Å². The molecule has 0 aromatic heterocycles. The Bertz CT molecular complexity index is 782. The summed E-state index contributed by atoms with van der Waals surface area (Å²) in [6, 6.07) is 11.9. The molecule has 0 radical (unpaired) electrons. The second kappa shape index (κ2) is 10.6. The minimum Gasteiger partial charge on any atom is -0.497 e. The molecule has 0 atom stereocenters. The molecule has 2 aromatic carbocycles. The minimum atomic E-state index is -0.387. The Balaban J connectivity index is 1.63. The summed E-state index contributed by atoms with van der Waals surface area (Å²) in [4.78, 5) is 23.7. The monoisotopic (exact) mass is 410 g/mol. The van der Waals surface area contributed by atoms with E-state index in [1.54, 1.807) is 49.6 Å². The van der Waals surface area contributed by atoms with Crippen molar-refractivity contribution in [2.24, 2.45) is 0 Å². The number of hydrogen-bond acceptors (Lipinski definition) is 4. The van der Waals surface area contributed by atoms with Crippen molar-refractivity contribution in [1.82, 2.24) is 5.32 Å². The molecule has 0 saturated carbocycles. The van der Waals surface area contributed by atoms with Crippen LogP contribution in [0.2, 0.25) is 10.0 Å². The molecule has 0 aliphatic carbocycles. The van der Waals surface area contributed by atoms with E-state index in [1.807, 2.05) is 0 Å². The van der Waals surface area contributed by atoms with Gasteiger partial charge in [-0.25, -0.2) is 0 Å². The molecule has 0 aliphatic heterocycles. The average molecular weight is 411 g/mol. The molecular weight excluding hydrogens is 391 g/mol. The number of carbonyl (C=O) groups excluding carboxylic acids is 2. The summed E-state index contributed by atoms with van der Waals surface area (Å²) in [5, 5.41) is 5.98. The van der Waals surface area contributed by atoms with Gasteiger partial charge in [0.1, 0.15) is 11.5 Å². The van der Waals surface area contributed by atoms with Crippen LogP contribution in [0.1, 0.15) is 12.8 Å². The highest BCUT2D eigenvalue weighted by Crippen LogP contribution is 2.25. The quantitative estimate of drug-likeness (QED) is 0.614. The Morgan fingerprint density at radius 3 is 2.41 bits per heavy atom. The number of hydrogen-bond donors (Lipinski definition) is 2. The number of carbonyl (C=O) groups is 2. The highest BCUT2D eigenvalue weighted by atomic mass is 35.5. The summed E-state index contributed by atoms with van der Waals surface area (Å²) in [7, 11) is 1.60. The molecule has 2 rings (SSSR count). The molecule has 144 valence electrons. The second-order valence-electron chi connectivity index (χ2n) is 5.58. The molecule has 0 fully saturated rings. The first kappa shape index (κ1) is 20.9. The number of methoxy groups -OCH3 is 1. The SMILES string of the molecule is COc1ccc(OCCCC(=O)NCC(=O)Nc2cc(Cl)ccc2Cl)cc1. The number of nitrogens with one attached hydrogen (secondary N) is 2. The van der Waals surface area contributed by atoms with Gasteiger partial charge in [-0.3, -0.25) is 9.59 Å². The van der Waals surface area contributed by atoms with Crippen molar-refractivity contribution in [1.29, 1.82) is 0 Å². The number of amides is 2. The van der Waals surface area contributed by atoms with Crippen molar-refractivity contribution in [3.05, 3.63) is 52.5 Å². The van der Waals surface area contributed by atoms with Crippen molar-refractivity contribution in [2.45, 2.75) is 12.8 Å². The third-order valence-corrected chi connectivity index (χ3v) is 4.09. The van der Waals surface area contributed by atoms with Crippen LogP contribution in [0.4, 0.5) is 5.69 Å². The third-order valence-electron chi connectivity index (χ3n) is 3.52. The van der Waals surface area contributed by atoms with Gasteiger partial charge in [-0.2, -0.15) is 0 Å². The van der Waals surface area contributed by atoms with Crippen LogP contribution in [-0.4, -0.2) is 32.1 Å². The first-order chi connectivity index (χ1) is 13.0. The summed E-state index contributed by atoms with van der Waals surface area (Å²) in [6.07, 6.45) is 0.779. The molecule has 2 aromatic rings. The fraction of sp³-hybridized carbons (Fsp3) is 0.263. The van der Waals surface area contributed by atoms with E-state index in [-0.39, 0.29) is 24.8 Å². The fourth-order valence-corrected chi connectivity index (χ4v) is 2.49. The largest absolute Gasteiger partial charge is 0.497 e. The van der Waals surface area contributed by atoms with E-state index in [0.29, 0.717) is 34.5 Å². The highest BCUT2D eigenvalue weighted by Gasteiger charge is 2.09. The molecule has 0 unspecified atom stereocenters. The van der Waals surface area contributed by atoms with Gasteiger partial charge in [0.15, 0.2) is 0 Å². The first-order valence-electron chi connectivity index (χ1n) is 8.26. The molecular formula is C19H20Cl2N2O4. The van der Waals surface area contributed by atoms with E-state index < -0.39 is 0 Å². The minimum absolute atomic E-state index is 0.152. The van der Waals surface area contributed by atoms with E-state index in [4.69, 9.17) is 32.7 Å². The Kier molecular flexibility index (Phi) is 8.23. The maximum atomic E-state index is 11.9. The van der Waals surface area contributed by atoms with Gasteiger partial charge in [0.25, 0.3) is 0 Å². The van der Waals surface area contributed by atoms with Crippen LogP contribution in [0.15, 0.2) is 42.5 Å². The zero-order valence-corrected chi connectivity index (χ0v) is 16.3. The lowest BCUT2D eigenvalue weighted by Crippen LogP contribution is -2.32. The fourth-order valence-electron chi connectivity index (χ4n) is 2.15. The van der Waals surface area contributed by atoms with Gasteiger partial charge in [0, 0.05) is 11.4 Å². The van der Waals surface area contributed by atoms with Crippen LogP contribution in [0.3, 0.4) is 0 Å². The maximum Gasteiger partial charge on any atom is 0.243 e. The first-order valence-corrected chi connectivity index (χ1v) is 9.02. The van der Waals surface area contributed by atoms with Gasteiger partial charge in [-0.05, 0) is 48.9 Å². The van der Waals surface area contributed by atoms with Crippen LogP contribution >= 0.6 is 23.2 Å². The summed E-state index contributed by atoms with van der Waals surface area (Å²) >= 11 is 11.8. The Labute approximate surface area is 167 Å². The number of benzene rings is 2. The Morgan fingerprint density at radius 2 is 1.70 bits per heavy atom. The number of rotatable bonds is 9. The maximum absolute atomic E-state index is 11.9. The van der Waals surface area contributed by atoms with Gasteiger partial charge in [-0.1, -0.05) is 23.2 Å². The Morgan fingerprint density at radius 1 is 1.00 bits per heavy atom. The Hall–Kier alpha value is -2.44. The lowest BCUT2D eigenvalue weighted by atomic mass is 10.3. The van der Waals surface area contributed by atoms with E-state index in [9.17, 15) is 9.59 Å². The van der Waals surface area contributed by atoms with Crippen LogP contribution in [0.5, 0.6) is 11.5 Å². The molecule has 27 heavy (non-hydrogen) atoms. The third kappa shape index (κ3) is 7.37. The van der Waals surface area contributed by atoms with Crippen molar-refractivity contribution in [2.75, 3.05) is 25.6 Å². The van der Waals surface area contributed by atoms with Crippen molar-refractivity contribution >= 4 is 40.7 Å². The van der Waals surface area contributed by atoms with E-state index in [1.165, 1.54) is 0 Å². The average Bonchev–Trinajstić information content (AvgIpc) is 2.67. The standard InChI is InChI=1S/C19H20Cl2N2O4/c1-26-14-5-7-15(8-6-14)27-10-2-3-18(24)22-12-19(25)23-17-11-13(20)4-9-16(17)21/h4-9,11H,2-3,10,12H2,1H3,(H,22,24)(H,23,25). The van der Waals surface area contributed by atoms with Gasteiger partial charge < -0.3 is 20.1 Å². The van der Waals surface area contributed by atoms with E-state index >= 15 is 0 Å². The zero-order valence-electron chi connectivity index (χ0n) is 14.8. The van der Waals surface area contributed by atoms with Gasteiger partial charge >= 0.3 is 0 Å². The molecule has 0 saturated heterocycles. The summed E-state index contributed by atoms with van der Waals surface area (Å²) < 4.78 is 10.6. The van der Waals surface area contributed by atoms with E-state index in [2.05, 4.69) is 10.6 Å². The summed E-state index contributed by atoms with van der Waals surface area (Å²) in [5.74, 6) is 0.829. The summed E-state index contributed by atoms with van der Waals surface area (Å²) in [6.45, 7) is 0.241. The topological polar surface area (TPSA) is 76.7 Å². The molecule has 0 aliphatic rings. The molecule has 6 nitrogen and oxygen atoms in total. The van der Waals surface area contributed by atoms with Gasteiger partial charge in [0.05, 0.1) is 31.0 Å². The lowest BCUT2D eigenvalue weighted by molar-refractivity contribution is -0.124. The smallest absolute Gasteiger partial charge is 0.243 e. The molecule has 8 heteroatoms. The summed E-state index contributed by atoms with van der Waals surface area (Å²) in [5.41, 5.74) is 0.399. The van der Waals surface area contributed by atoms with Crippen molar-refractivity contribution < 1.29 is 19.1 Å².